The van der Waals surface area contributed by atoms with Crippen LogP contribution in [-0.4, -0.2) is 11.9 Å². The average Bonchev–Trinajstić information content (AvgIpc) is 2.30. The molecule has 0 spiro atoms. The zero-order chi connectivity index (χ0) is 13.0. The number of anilines is 1. The summed E-state index contributed by atoms with van der Waals surface area (Å²) in [6.07, 6.45) is 0.803. The number of hydrogen-bond acceptors (Lipinski definition) is 2. The minimum Gasteiger partial charge on any atom is -0.322 e. The molecule has 1 amide bonds. The molecule has 1 aromatic rings. The van der Waals surface area contributed by atoms with Crippen LogP contribution in [0.25, 0.3) is 0 Å². The van der Waals surface area contributed by atoms with Crippen molar-refractivity contribution in [2.45, 2.75) is 26.3 Å². The summed E-state index contributed by atoms with van der Waals surface area (Å²) in [7, 11) is 0. The normalized spacial score (nSPS) is 14.2. The van der Waals surface area contributed by atoms with Gasteiger partial charge in [-0.3, -0.25) is 4.79 Å². The van der Waals surface area contributed by atoms with E-state index in [-0.39, 0.29) is 17.5 Å². The predicted molar refractivity (Wildman–Crippen MR) is 70.2 cm³/mol. The third-order valence-electron chi connectivity index (χ3n) is 2.75. The van der Waals surface area contributed by atoms with Crippen molar-refractivity contribution in [3.05, 3.63) is 28.5 Å². The van der Waals surface area contributed by atoms with Gasteiger partial charge in [0.1, 0.15) is 5.82 Å². The van der Waals surface area contributed by atoms with Crippen molar-refractivity contribution < 1.29 is 9.18 Å². The van der Waals surface area contributed by atoms with Crippen LogP contribution in [0, 0.1) is 11.7 Å². The van der Waals surface area contributed by atoms with E-state index in [2.05, 4.69) is 21.2 Å². The van der Waals surface area contributed by atoms with Gasteiger partial charge in [0.25, 0.3) is 0 Å². The predicted octanol–water partition coefficient (Wildman–Crippen LogP) is 2.90. The molecular formula is C12H16BrFN2O. The van der Waals surface area contributed by atoms with Gasteiger partial charge in [0.2, 0.25) is 5.91 Å². The molecule has 2 atom stereocenters. The van der Waals surface area contributed by atoms with Crippen molar-refractivity contribution in [3.8, 4) is 0 Å². The SMILES string of the molecule is CCC(C)C(N)C(=O)Nc1ccc(Br)cc1F. The van der Waals surface area contributed by atoms with Crippen LogP contribution in [0.1, 0.15) is 20.3 Å². The first-order valence-corrected chi connectivity index (χ1v) is 6.26. The summed E-state index contributed by atoms with van der Waals surface area (Å²) >= 11 is 3.15. The number of halogens is 2. The number of hydrogen-bond donors (Lipinski definition) is 2. The van der Waals surface area contributed by atoms with Gasteiger partial charge < -0.3 is 11.1 Å². The molecule has 3 N–H and O–H groups in total. The summed E-state index contributed by atoms with van der Waals surface area (Å²) in [6.45, 7) is 3.85. The van der Waals surface area contributed by atoms with Crippen LogP contribution >= 0.6 is 15.9 Å². The summed E-state index contributed by atoms with van der Waals surface area (Å²) in [6, 6.07) is 3.83. The van der Waals surface area contributed by atoms with E-state index in [0.717, 1.165) is 6.42 Å². The largest absolute Gasteiger partial charge is 0.322 e. The van der Waals surface area contributed by atoms with Crippen LogP contribution in [0.4, 0.5) is 10.1 Å². The zero-order valence-electron chi connectivity index (χ0n) is 9.84. The van der Waals surface area contributed by atoms with E-state index in [4.69, 9.17) is 5.73 Å². The Bertz CT molecular complexity index is 411. The smallest absolute Gasteiger partial charge is 0.241 e. The molecule has 0 aliphatic heterocycles. The second kappa shape index (κ2) is 6.12. The molecule has 0 fully saturated rings. The van der Waals surface area contributed by atoms with Crippen LogP contribution in [0.3, 0.4) is 0 Å². The van der Waals surface area contributed by atoms with E-state index in [0.29, 0.717) is 4.47 Å². The minimum absolute atomic E-state index is 0.0634. The molecule has 0 aliphatic rings. The molecular weight excluding hydrogens is 287 g/mol. The van der Waals surface area contributed by atoms with E-state index >= 15 is 0 Å². The van der Waals surface area contributed by atoms with Gasteiger partial charge >= 0.3 is 0 Å². The monoisotopic (exact) mass is 302 g/mol. The number of nitrogens with one attached hydrogen (secondary N) is 1. The molecule has 5 heteroatoms. The lowest BCUT2D eigenvalue weighted by Crippen LogP contribution is -2.40. The molecule has 0 aliphatic carbocycles. The first-order valence-electron chi connectivity index (χ1n) is 5.47. The van der Waals surface area contributed by atoms with Gasteiger partial charge in [0.15, 0.2) is 0 Å². The van der Waals surface area contributed by atoms with Gasteiger partial charge in [0, 0.05) is 4.47 Å². The third-order valence-corrected chi connectivity index (χ3v) is 3.24. The topological polar surface area (TPSA) is 55.1 Å². The maximum absolute atomic E-state index is 13.5. The number of amides is 1. The molecule has 0 saturated carbocycles. The molecule has 2 unspecified atom stereocenters. The molecule has 0 aromatic heterocycles. The Balaban J connectivity index is 2.74. The molecule has 3 nitrogen and oxygen atoms in total. The fourth-order valence-electron chi connectivity index (χ4n) is 1.32. The quantitative estimate of drug-likeness (QED) is 0.898. The van der Waals surface area contributed by atoms with Gasteiger partial charge in [-0.05, 0) is 24.1 Å². The molecule has 94 valence electrons. The van der Waals surface area contributed by atoms with Gasteiger partial charge in [0.05, 0.1) is 11.7 Å². The second-order valence-electron chi connectivity index (χ2n) is 4.02. The Morgan fingerprint density at radius 2 is 2.24 bits per heavy atom. The molecule has 1 rings (SSSR count). The highest BCUT2D eigenvalue weighted by molar-refractivity contribution is 9.10. The fourth-order valence-corrected chi connectivity index (χ4v) is 1.65. The lowest BCUT2D eigenvalue weighted by Gasteiger charge is -2.17. The first kappa shape index (κ1) is 14.1. The van der Waals surface area contributed by atoms with E-state index < -0.39 is 11.9 Å². The van der Waals surface area contributed by atoms with Crippen molar-refractivity contribution in [2.24, 2.45) is 11.7 Å². The Hall–Kier alpha value is -0.940. The molecule has 0 bridgehead atoms. The van der Waals surface area contributed by atoms with E-state index in [1.165, 1.54) is 12.1 Å². The van der Waals surface area contributed by atoms with Gasteiger partial charge in [-0.1, -0.05) is 36.2 Å². The van der Waals surface area contributed by atoms with Crippen LogP contribution in [0.5, 0.6) is 0 Å². The maximum atomic E-state index is 13.5. The van der Waals surface area contributed by atoms with E-state index in [1.54, 1.807) is 6.07 Å². The molecule has 0 saturated heterocycles. The number of carbonyl (C=O) groups is 1. The highest BCUT2D eigenvalue weighted by atomic mass is 79.9. The van der Waals surface area contributed by atoms with Crippen molar-refractivity contribution in [1.82, 2.24) is 0 Å². The number of nitrogens with two attached hydrogens (primary N) is 1. The van der Waals surface area contributed by atoms with Gasteiger partial charge in [-0.2, -0.15) is 0 Å². The van der Waals surface area contributed by atoms with Crippen molar-refractivity contribution in [3.63, 3.8) is 0 Å². The van der Waals surface area contributed by atoms with Gasteiger partial charge in [-0.15, -0.1) is 0 Å². The van der Waals surface area contributed by atoms with Gasteiger partial charge in [-0.25, -0.2) is 4.39 Å². The zero-order valence-corrected chi connectivity index (χ0v) is 11.4. The first-order chi connectivity index (χ1) is 7.95. The van der Waals surface area contributed by atoms with Crippen LogP contribution in [-0.2, 0) is 4.79 Å². The van der Waals surface area contributed by atoms with Crippen LogP contribution < -0.4 is 11.1 Å². The third kappa shape index (κ3) is 3.78. The molecule has 0 heterocycles. The number of carbonyl (C=O) groups excluding carboxylic acids is 1. The Morgan fingerprint density at radius 3 is 2.76 bits per heavy atom. The van der Waals surface area contributed by atoms with E-state index in [1.807, 2.05) is 13.8 Å². The summed E-state index contributed by atoms with van der Waals surface area (Å²) in [4.78, 5) is 11.7. The molecule has 0 radical (unpaired) electrons. The molecule has 17 heavy (non-hydrogen) atoms. The maximum Gasteiger partial charge on any atom is 0.241 e. The highest BCUT2D eigenvalue weighted by Crippen LogP contribution is 2.20. The second-order valence-corrected chi connectivity index (χ2v) is 4.94. The summed E-state index contributed by atoms with van der Waals surface area (Å²) in [5.41, 5.74) is 5.91. The standard InChI is InChI=1S/C12H16BrFN2O/c1-3-7(2)11(15)12(17)16-10-5-4-8(13)6-9(10)14/h4-7,11H,3,15H2,1-2H3,(H,16,17). The molecule has 1 aromatic carbocycles. The minimum atomic E-state index is -0.622. The van der Waals surface area contributed by atoms with E-state index in [9.17, 15) is 9.18 Å². The fraction of sp³-hybridized carbons (Fsp3) is 0.417. The summed E-state index contributed by atoms with van der Waals surface area (Å²) in [5.74, 6) is -0.779. The Labute approximate surface area is 109 Å². The number of benzene rings is 1. The lowest BCUT2D eigenvalue weighted by molar-refractivity contribution is -0.118. The van der Waals surface area contributed by atoms with Crippen molar-refractivity contribution >= 4 is 27.5 Å². The highest BCUT2D eigenvalue weighted by Gasteiger charge is 2.20. The Kier molecular flexibility index (Phi) is 5.08. The summed E-state index contributed by atoms with van der Waals surface area (Å²) < 4.78 is 14.1. The van der Waals surface area contributed by atoms with Crippen LogP contribution in [0.15, 0.2) is 22.7 Å². The van der Waals surface area contributed by atoms with Crippen LogP contribution in [0.2, 0.25) is 0 Å². The Morgan fingerprint density at radius 1 is 1.59 bits per heavy atom. The number of rotatable bonds is 4. The van der Waals surface area contributed by atoms with Crippen molar-refractivity contribution in [2.75, 3.05) is 5.32 Å². The summed E-state index contributed by atoms with van der Waals surface area (Å²) in [5, 5.41) is 2.49. The van der Waals surface area contributed by atoms with Crippen molar-refractivity contribution in [1.29, 1.82) is 0 Å². The lowest BCUT2D eigenvalue weighted by atomic mass is 9.99. The average molecular weight is 303 g/mol.